The topological polar surface area (TPSA) is 120 Å². The highest BCUT2D eigenvalue weighted by Gasteiger charge is 2.32. The summed E-state index contributed by atoms with van der Waals surface area (Å²) >= 11 is 0. The second kappa shape index (κ2) is 7.01. The van der Waals surface area contributed by atoms with E-state index in [1.54, 1.807) is 4.90 Å². The zero-order valence-electron chi connectivity index (χ0n) is 15.8. The molecular formula is C17H23N5O5. The van der Waals surface area contributed by atoms with Crippen LogP contribution in [-0.4, -0.2) is 66.4 Å². The van der Waals surface area contributed by atoms with Crippen LogP contribution in [0.2, 0.25) is 0 Å². The Bertz CT molecular complexity index is 872. The van der Waals surface area contributed by atoms with Crippen molar-refractivity contribution in [3.8, 4) is 5.88 Å². The molecule has 0 spiro atoms. The molecule has 1 aliphatic rings. The van der Waals surface area contributed by atoms with Gasteiger partial charge < -0.3 is 24.0 Å². The molecule has 1 atom stereocenters. The van der Waals surface area contributed by atoms with Crippen LogP contribution in [0.1, 0.15) is 44.7 Å². The molecule has 0 radical (unpaired) electrons. The lowest BCUT2D eigenvalue weighted by atomic mass is 10.2. The maximum absolute atomic E-state index is 12.2. The van der Waals surface area contributed by atoms with Gasteiger partial charge in [-0.3, -0.25) is 0 Å². The fourth-order valence-corrected chi connectivity index (χ4v) is 2.94. The maximum Gasteiger partial charge on any atom is 0.410 e. The van der Waals surface area contributed by atoms with Crippen LogP contribution in [0.25, 0.3) is 11.2 Å². The summed E-state index contributed by atoms with van der Waals surface area (Å²) in [5.41, 5.74) is 0.143. The number of aryl methyl sites for hydroxylation is 1. The van der Waals surface area contributed by atoms with Gasteiger partial charge in [0.05, 0.1) is 6.54 Å². The van der Waals surface area contributed by atoms with E-state index in [1.807, 2.05) is 27.7 Å². The Hall–Kier alpha value is -2.91. The van der Waals surface area contributed by atoms with E-state index in [4.69, 9.17) is 9.47 Å². The number of imidazole rings is 1. The van der Waals surface area contributed by atoms with Crippen molar-refractivity contribution >= 4 is 23.2 Å². The van der Waals surface area contributed by atoms with Gasteiger partial charge in [-0.15, -0.1) is 0 Å². The summed E-state index contributed by atoms with van der Waals surface area (Å²) in [6, 6.07) is 0. The molecule has 3 rings (SSSR count). The van der Waals surface area contributed by atoms with Gasteiger partial charge in [0.25, 0.3) is 0 Å². The van der Waals surface area contributed by atoms with Crippen LogP contribution in [0.3, 0.4) is 0 Å². The fourth-order valence-electron chi connectivity index (χ4n) is 2.94. The van der Waals surface area contributed by atoms with Gasteiger partial charge in [0, 0.05) is 19.5 Å². The van der Waals surface area contributed by atoms with Crippen molar-refractivity contribution in [3.63, 3.8) is 0 Å². The number of aromatic carboxylic acids is 1. The second-order valence-corrected chi connectivity index (χ2v) is 7.29. The number of carbonyl (C=O) groups is 2. The molecule has 1 aliphatic heterocycles. The van der Waals surface area contributed by atoms with E-state index in [2.05, 4.69) is 15.0 Å². The van der Waals surface area contributed by atoms with Crippen molar-refractivity contribution in [3.05, 3.63) is 12.2 Å². The lowest BCUT2D eigenvalue weighted by Gasteiger charge is -2.24. The van der Waals surface area contributed by atoms with Crippen LogP contribution in [0.5, 0.6) is 5.88 Å². The van der Waals surface area contributed by atoms with Gasteiger partial charge in [-0.05, 0) is 27.7 Å². The van der Waals surface area contributed by atoms with Crippen LogP contribution in [0, 0.1) is 0 Å². The minimum Gasteiger partial charge on any atom is -0.475 e. The molecule has 0 saturated carbocycles. The first-order valence-corrected chi connectivity index (χ1v) is 8.78. The van der Waals surface area contributed by atoms with Crippen molar-refractivity contribution in [1.29, 1.82) is 0 Å². The summed E-state index contributed by atoms with van der Waals surface area (Å²) in [6.07, 6.45) is 1.27. The number of hydrogen-bond acceptors (Lipinski definition) is 7. The normalized spacial score (nSPS) is 17.3. The predicted molar refractivity (Wildman–Crippen MR) is 94.8 cm³/mol. The number of likely N-dealkylation sites (tertiary alicyclic amines) is 1. The Balaban J connectivity index is 1.78. The first-order valence-electron chi connectivity index (χ1n) is 8.78. The Morgan fingerprint density at radius 3 is 2.70 bits per heavy atom. The van der Waals surface area contributed by atoms with Gasteiger partial charge in [0.1, 0.15) is 18.0 Å². The number of carboxylic acid groups (broad SMARTS) is 1. The fraction of sp³-hybridized carbons (Fsp3) is 0.588. The van der Waals surface area contributed by atoms with Gasteiger partial charge in [0.15, 0.2) is 11.2 Å². The van der Waals surface area contributed by atoms with E-state index in [9.17, 15) is 14.7 Å². The highest BCUT2D eigenvalue weighted by atomic mass is 16.6. The van der Waals surface area contributed by atoms with Crippen molar-refractivity contribution < 1.29 is 24.2 Å². The minimum absolute atomic E-state index is 0.111. The Morgan fingerprint density at radius 2 is 2.07 bits per heavy atom. The summed E-state index contributed by atoms with van der Waals surface area (Å²) in [5.74, 6) is -1.04. The lowest BCUT2D eigenvalue weighted by molar-refractivity contribution is 0.0275. The van der Waals surface area contributed by atoms with Crippen molar-refractivity contribution in [1.82, 2.24) is 24.4 Å². The number of carboxylic acids is 1. The first kappa shape index (κ1) is 18.9. The molecule has 27 heavy (non-hydrogen) atoms. The molecule has 0 aromatic carbocycles. The van der Waals surface area contributed by atoms with Crippen LogP contribution >= 0.6 is 0 Å². The number of hydrogen-bond donors (Lipinski definition) is 1. The van der Waals surface area contributed by atoms with Crippen LogP contribution in [0.4, 0.5) is 4.79 Å². The third-order valence-electron chi connectivity index (χ3n) is 4.08. The molecule has 1 unspecified atom stereocenters. The highest BCUT2D eigenvalue weighted by Crippen LogP contribution is 2.25. The smallest absolute Gasteiger partial charge is 0.410 e. The third kappa shape index (κ3) is 3.93. The molecule has 1 saturated heterocycles. The van der Waals surface area contributed by atoms with Gasteiger partial charge >= 0.3 is 12.1 Å². The summed E-state index contributed by atoms with van der Waals surface area (Å²) in [6.45, 7) is 8.54. The third-order valence-corrected chi connectivity index (χ3v) is 4.08. The predicted octanol–water partition coefficient (Wildman–Crippen LogP) is 1.93. The van der Waals surface area contributed by atoms with E-state index in [0.29, 0.717) is 37.2 Å². The van der Waals surface area contributed by atoms with Gasteiger partial charge in [-0.25, -0.2) is 19.6 Å². The average Bonchev–Trinajstić information content (AvgIpc) is 3.18. The molecule has 10 nitrogen and oxygen atoms in total. The lowest BCUT2D eigenvalue weighted by Crippen LogP contribution is -2.36. The zero-order valence-corrected chi connectivity index (χ0v) is 15.8. The molecule has 1 N–H and O–H groups in total. The quantitative estimate of drug-likeness (QED) is 0.858. The minimum atomic E-state index is -1.14. The molecule has 3 heterocycles. The second-order valence-electron chi connectivity index (χ2n) is 7.29. The maximum atomic E-state index is 12.2. The van der Waals surface area contributed by atoms with Crippen LogP contribution < -0.4 is 4.74 Å². The number of aromatic nitrogens is 4. The highest BCUT2D eigenvalue weighted by molar-refractivity contribution is 5.90. The number of nitrogens with zero attached hydrogens (tertiary/aromatic N) is 5. The molecule has 2 aromatic heterocycles. The van der Waals surface area contributed by atoms with Crippen LogP contribution in [0.15, 0.2) is 6.33 Å². The summed E-state index contributed by atoms with van der Waals surface area (Å²) in [7, 11) is 0. The molecular weight excluding hydrogens is 354 g/mol. The number of carbonyl (C=O) groups excluding carboxylic acids is 1. The number of rotatable bonds is 4. The number of fused-ring (bicyclic) bond motifs is 1. The van der Waals surface area contributed by atoms with E-state index in [-0.39, 0.29) is 23.9 Å². The Morgan fingerprint density at radius 1 is 1.33 bits per heavy atom. The SMILES string of the molecule is CCn1c(C(=O)O)nc2c(OC3CCN(C(=O)OC(C)(C)C)C3)ncnc21. The summed E-state index contributed by atoms with van der Waals surface area (Å²) < 4.78 is 12.8. The van der Waals surface area contributed by atoms with Gasteiger partial charge in [0.2, 0.25) is 11.7 Å². The van der Waals surface area contributed by atoms with Gasteiger partial charge in [-0.2, -0.15) is 4.98 Å². The zero-order chi connectivity index (χ0) is 19.8. The summed E-state index contributed by atoms with van der Waals surface area (Å²) in [5, 5.41) is 9.33. The van der Waals surface area contributed by atoms with E-state index in [1.165, 1.54) is 10.9 Å². The van der Waals surface area contributed by atoms with Crippen molar-refractivity contribution in [2.45, 2.75) is 52.4 Å². The molecule has 2 aromatic rings. The number of amides is 1. The molecule has 0 bridgehead atoms. The molecule has 0 aliphatic carbocycles. The largest absolute Gasteiger partial charge is 0.475 e. The van der Waals surface area contributed by atoms with E-state index < -0.39 is 11.6 Å². The van der Waals surface area contributed by atoms with Crippen molar-refractivity contribution in [2.75, 3.05) is 13.1 Å². The summed E-state index contributed by atoms with van der Waals surface area (Å²) in [4.78, 5) is 37.5. The van der Waals surface area contributed by atoms with E-state index >= 15 is 0 Å². The number of ether oxygens (including phenoxy) is 2. The standard InChI is InChI=1S/C17H23N5O5/c1-5-22-12-11(20-13(22)15(23)24)14(19-9-18-12)26-10-6-7-21(8-10)16(25)27-17(2,3)4/h9-10H,5-8H2,1-4H3,(H,23,24). The van der Waals surface area contributed by atoms with E-state index in [0.717, 1.165) is 0 Å². The van der Waals surface area contributed by atoms with Gasteiger partial charge in [-0.1, -0.05) is 0 Å². The molecule has 10 heteroatoms. The Labute approximate surface area is 156 Å². The first-order chi connectivity index (χ1) is 12.7. The molecule has 146 valence electrons. The monoisotopic (exact) mass is 377 g/mol. The molecule has 1 fully saturated rings. The molecule has 1 amide bonds. The van der Waals surface area contributed by atoms with Crippen molar-refractivity contribution in [2.24, 2.45) is 0 Å². The van der Waals surface area contributed by atoms with Crippen LogP contribution in [-0.2, 0) is 11.3 Å². The Kier molecular flexibility index (Phi) is 4.90. The average molecular weight is 377 g/mol.